The van der Waals surface area contributed by atoms with Gasteiger partial charge in [-0.25, -0.2) is 0 Å². The molecule has 0 aliphatic heterocycles. The van der Waals surface area contributed by atoms with Crippen LogP contribution in [-0.2, 0) is 0 Å². The standard InChI is InChI=1S/C16H14BrN3O/c1-20(2)14-7-4-11(5-8-14)16(21)19-15-9-13(17)6-3-12(15)10-18/h3-9H,1-2H3,(H,19,21). The zero-order valence-electron chi connectivity index (χ0n) is 11.7. The van der Waals surface area contributed by atoms with Gasteiger partial charge in [0.2, 0.25) is 0 Å². The molecule has 0 saturated carbocycles. The van der Waals surface area contributed by atoms with Crippen molar-refractivity contribution in [1.82, 2.24) is 0 Å². The van der Waals surface area contributed by atoms with E-state index < -0.39 is 0 Å². The van der Waals surface area contributed by atoms with Gasteiger partial charge in [0.15, 0.2) is 0 Å². The van der Waals surface area contributed by atoms with Crippen LogP contribution >= 0.6 is 15.9 Å². The smallest absolute Gasteiger partial charge is 0.255 e. The third-order valence-corrected chi connectivity index (χ3v) is 3.49. The Balaban J connectivity index is 2.22. The number of hydrogen-bond acceptors (Lipinski definition) is 3. The van der Waals surface area contributed by atoms with Crippen molar-refractivity contribution in [2.24, 2.45) is 0 Å². The zero-order chi connectivity index (χ0) is 15.4. The average molecular weight is 344 g/mol. The summed E-state index contributed by atoms with van der Waals surface area (Å²) < 4.78 is 0.805. The largest absolute Gasteiger partial charge is 0.378 e. The SMILES string of the molecule is CN(C)c1ccc(C(=O)Nc2cc(Br)ccc2C#N)cc1. The van der Waals surface area contributed by atoms with Crippen molar-refractivity contribution in [3.05, 3.63) is 58.1 Å². The highest BCUT2D eigenvalue weighted by molar-refractivity contribution is 9.10. The van der Waals surface area contributed by atoms with Crippen LogP contribution in [0.5, 0.6) is 0 Å². The molecule has 2 rings (SSSR count). The van der Waals surface area contributed by atoms with Crippen molar-refractivity contribution in [3.8, 4) is 6.07 Å². The molecular weight excluding hydrogens is 330 g/mol. The predicted octanol–water partition coefficient (Wildman–Crippen LogP) is 3.64. The highest BCUT2D eigenvalue weighted by Gasteiger charge is 2.10. The van der Waals surface area contributed by atoms with E-state index in [-0.39, 0.29) is 5.91 Å². The Morgan fingerprint density at radius 2 is 1.86 bits per heavy atom. The van der Waals surface area contributed by atoms with Crippen LogP contribution in [0.1, 0.15) is 15.9 Å². The number of hydrogen-bond donors (Lipinski definition) is 1. The number of nitrogens with zero attached hydrogens (tertiary/aromatic N) is 2. The molecule has 0 bridgehead atoms. The van der Waals surface area contributed by atoms with Gasteiger partial charge in [-0.05, 0) is 42.5 Å². The lowest BCUT2D eigenvalue weighted by atomic mass is 10.1. The van der Waals surface area contributed by atoms with Crippen molar-refractivity contribution in [2.45, 2.75) is 0 Å². The van der Waals surface area contributed by atoms with Crippen LogP contribution in [0.25, 0.3) is 0 Å². The van der Waals surface area contributed by atoms with E-state index in [0.29, 0.717) is 16.8 Å². The summed E-state index contributed by atoms with van der Waals surface area (Å²) in [5.41, 5.74) is 2.49. The maximum atomic E-state index is 12.2. The molecule has 1 amide bonds. The van der Waals surface area contributed by atoms with Gasteiger partial charge in [-0.1, -0.05) is 15.9 Å². The van der Waals surface area contributed by atoms with Gasteiger partial charge < -0.3 is 10.2 Å². The second kappa shape index (κ2) is 6.42. The summed E-state index contributed by atoms with van der Waals surface area (Å²) in [4.78, 5) is 14.2. The molecule has 0 atom stereocenters. The molecule has 5 heteroatoms. The van der Waals surface area contributed by atoms with Gasteiger partial charge in [-0.3, -0.25) is 4.79 Å². The van der Waals surface area contributed by atoms with Crippen molar-refractivity contribution < 1.29 is 4.79 Å². The molecule has 1 N–H and O–H groups in total. The minimum absolute atomic E-state index is 0.241. The summed E-state index contributed by atoms with van der Waals surface area (Å²) in [7, 11) is 3.88. The third kappa shape index (κ3) is 3.61. The highest BCUT2D eigenvalue weighted by atomic mass is 79.9. The van der Waals surface area contributed by atoms with E-state index >= 15 is 0 Å². The molecule has 2 aromatic rings. The monoisotopic (exact) mass is 343 g/mol. The van der Waals surface area contributed by atoms with Crippen LogP contribution in [0.2, 0.25) is 0 Å². The Kier molecular flexibility index (Phi) is 4.61. The molecule has 0 aliphatic rings. The molecule has 0 fully saturated rings. The van der Waals surface area contributed by atoms with Crippen molar-refractivity contribution in [2.75, 3.05) is 24.3 Å². The first-order chi connectivity index (χ1) is 10.0. The molecule has 21 heavy (non-hydrogen) atoms. The quantitative estimate of drug-likeness (QED) is 0.925. The van der Waals surface area contributed by atoms with Crippen molar-refractivity contribution >= 4 is 33.2 Å². The third-order valence-electron chi connectivity index (χ3n) is 3.00. The normalized spacial score (nSPS) is 9.81. The number of nitrogens with one attached hydrogen (secondary N) is 1. The average Bonchev–Trinajstić information content (AvgIpc) is 2.47. The lowest BCUT2D eigenvalue weighted by molar-refractivity contribution is 0.102. The maximum Gasteiger partial charge on any atom is 0.255 e. The van der Waals surface area contributed by atoms with Gasteiger partial charge in [-0.15, -0.1) is 0 Å². The minimum atomic E-state index is -0.241. The van der Waals surface area contributed by atoms with Gasteiger partial charge in [-0.2, -0.15) is 5.26 Å². The number of carbonyl (C=O) groups excluding carboxylic acids is 1. The van der Waals surface area contributed by atoms with Gasteiger partial charge >= 0.3 is 0 Å². The van der Waals surface area contributed by atoms with E-state index in [2.05, 4.69) is 27.3 Å². The number of nitriles is 1. The molecule has 0 aromatic heterocycles. The number of rotatable bonds is 3. The molecule has 106 valence electrons. The topological polar surface area (TPSA) is 56.1 Å². The molecule has 0 aliphatic carbocycles. The first-order valence-corrected chi connectivity index (χ1v) is 7.09. The molecule has 0 heterocycles. The first kappa shape index (κ1) is 15.1. The molecule has 0 saturated heterocycles. The molecule has 2 aromatic carbocycles. The van der Waals surface area contributed by atoms with Crippen LogP contribution in [0.3, 0.4) is 0 Å². The molecule has 0 radical (unpaired) electrons. The van der Waals surface area contributed by atoms with Gasteiger partial charge in [0.05, 0.1) is 11.3 Å². The van der Waals surface area contributed by atoms with E-state index in [9.17, 15) is 4.79 Å². The Hall–Kier alpha value is -2.32. The predicted molar refractivity (Wildman–Crippen MR) is 87.6 cm³/mol. The summed E-state index contributed by atoms with van der Waals surface area (Å²) in [5.74, 6) is -0.241. The van der Waals surface area contributed by atoms with Crippen LogP contribution in [0.15, 0.2) is 46.9 Å². The van der Waals surface area contributed by atoms with Crippen molar-refractivity contribution in [1.29, 1.82) is 5.26 Å². The zero-order valence-corrected chi connectivity index (χ0v) is 13.3. The number of carbonyl (C=O) groups is 1. The highest BCUT2D eigenvalue weighted by Crippen LogP contribution is 2.22. The van der Waals surface area contributed by atoms with Gasteiger partial charge in [0.25, 0.3) is 5.91 Å². The van der Waals surface area contributed by atoms with E-state index in [4.69, 9.17) is 5.26 Å². The fourth-order valence-electron chi connectivity index (χ4n) is 1.82. The summed E-state index contributed by atoms with van der Waals surface area (Å²) >= 11 is 3.33. The van der Waals surface area contributed by atoms with E-state index in [1.807, 2.05) is 31.1 Å². The Morgan fingerprint density at radius 1 is 1.19 bits per heavy atom. The summed E-state index contributed by atoms with van der Waals surface area (Å²) in [6.07, 6.45) is 0. The molecule has 0 spiro atoms. The van der Waals surface area contributed by atoms with Crippen LogP contribution in [-0.4, -0.2) is 20.0 Å². The Labute approximate surface area is 132 Å². The second-order valence-electron chi connectivity index (χ2n) is 4.70. The van der Waals surface area contributed by atoms with E-state index in [1.54, 1.807) is 30.3 Å². The summed E-state index contributed by atoms with van der Waals surface area (Å²) in [6.45, 7) is 0. The molecule has 0 unspecified atom stereocenters. The number of halogens is 1. The van der Waals surface area contributed by atoms with E-state index in [1.165, 1.54) is 0 Å². The minimum Gasteiger partial charge on any atom is -0.378 e. The Bertz CT molecular complexity index is 702. The van der Waals surface area contributed by atoms with Crippen molar-refractivity contribution in [3.63, 3.8) is 0 Å². The van der Waals surface area contributed by atoms with Gasteiger partial charge in [0.1, 0.15) is 6.07 Å². The fourth-order valence-corrected chi connectivity index (χ4v) is 2.18. The number of benzene rings is 2. The first-order valence-electron chi connectivity index (χ1n) is 6.29. The van der Waals surface area contributed by atoms with E-state index in [0.717, 1.165) is 10.2 Å². The Morgan fingerprint density at radius 3 is 2.43 bits per heavy atom. The second-order valence-corrected chi connectivity index (χ2v) is 5.61. The summed E-state index contributed by atoms with van der Waals surface area (Å²) in [5, 5.41) is 11.8. The van der Waals surface area contributed by atoms with Gasteiger partial charge in [0, 0.05) is 29.8 Å². The molecular formula is C16H14BrN3O. The lowest BCUT2D eigenvalue weighted by Gasteiger charge is -2.13. The summed E-state index contributed by atoms with van der Waals surface area (Å²) in [6, 6.07) is 14.5. The lowest BCUT2D eigenvalue weighted by Crippen LogP contribution is -2.14. The van der Waals surface area contributed by atoms with Crippen LogP contribution in [0.4, 0.5) is 11.4 Å². The fraction of sp³-hybridized carbons (Fsp3) is 0.125. The number of amides is 1. The number of anilines is 2. The van der Waals surface area contributed by atoms with Crippen LogP contribution in [0, 0.1) is 11.3 Å². The maximum absolute atomic E-state index is 12.2. The van der Waals surface area contributed by atoms with Crippen LogP contribution < -0.4 is 10.2 Å². The molecule has 4 nitrogen and oxygen atoms in total.